The van der Waals surface area contributed by atoms with Crippen molar-refractivity contribution in [3.8, 4) is 0 Å². The second-order valence-corrected chi connectivity index (χ2v) is 10.9. The quantitative estimate of drug-likeness (QED) is 0.404. The van der Waals surface area contributed by atoms with Gasteiger partial charge < -0.3 is 26.2 Å². The fourth-order valence-electron chi connectivity index (χ4n) is 5.52. The highest BCUT2D eigenvalue weighted by Gasteiger charge is 2.43. The number of nitrogens with two attached hydrogens (primary N) is 2. The van der Waals surface area contributed by atoms with Gasteiger partial charge in [-0.25, -0.2) is 0 Å². The molecule has 4 rings (SSSR count). The molecular formula is C31H36ClN5O4. The van der Waals surface area contributed by atoms with E-state index in [1.165, 1.54) is 21.7 Å². The zero-order valence-electron chi connectivity index (χ0n) is 23.3. The molecule has 41 heavy (non-hydrogen) atoms. The average Bonchev–Trinajstić information content (AvgIpc) is 3.07. The van der Waals surface area contributed by atoms with Crippen molar-refractivity contribution in [2.24, 2.45) is 11.5 Å². The van der Waals surface area contributed by atoms with E-state index in [-0.39, 0.29) is 44.4 Å². The van der Waals surface area contributed by atoms with E-state index in [1.807, 2.05) is 49.4 Å². The number of amides is 4. The molecule has 1 saturated heterocycles. The van der Waals surface area contributed by atoms with Gasteiger partial charge in [0.05, 0.1) is 6.54 Å². The van der Waals surface area contributed by atoms with Crippen molar-refractivity contribution in [1.82, 2.24) is 14.7 Å². The normalized spacial score (nSPS) is 18.2. The summed E-state index contributed by atoms with van der Waals surface area (Å²) in [4.78, 5) is 57.8. The largest absolute Gasteiger partial charge is 0.368 e. The van der Waals surface area contributed by atoms with Crippen LogP contribution in [0.1, 0.15) is 36.9 Å². The lowest BCUT2D eigenvalue weighted by Gasteiger charge is -2.36. The summed E-state index contributed by atoms with van der Waals surface area (Å²) in [6, 6.07) is 18.1. The number of hydrogen-bond acceptors (Lipinski definition) is 5. The Hall–Kier alpha value is -3.95. The Morgan fingerprint density at radius 1 is 1.07 bits per heavy atom. The van der Waals surface area contributed by atoms with Gasteiger partial charge in [0.25, 0.3) is 5.91 Å². The predicted molar refractivity (Wildman–Crippen MR) is 159 cm³/mol. The lowest BCUT2D eigenvalue weighted by molar-refractivity contribution is -0.150. The van der Waals surface area contributed by atoms with Gasteiger partial charge in [0.15, 0.2) is 0 Å². The lowest BCUT2D eigenvalue weighted by atomic mass is 9.96. The molecule has 1 aliphatic rings. The Kier molecular flexibility index (Phi) is 9.62. The number of halogens is 1. The van der Waals surface area contributed by atoms with Crippen molar-refractivity contribution in [2.45, 2.75) is 44.3 Å². The molecule has 0 radical (unpaired) electrons. The first-order valence-corrected chi connectivity index (χ1v) is 14.1. The number of likely N-dealkylation sites (N-methyl/N-ethyl adjacent to an activating group) is 1. The van der Waals surface area contributed by atoms with Crippen LogP contribution in [0.25, 0.3) is 10.8 Å². The van der Waals surface area contributed by atoms with E-state index in [0.717, 1.165) is 16.3 Å². The van der Waals surface area contributed by atoms with Crippen LogP contribution in [0.4, 0.5) is 0 Å². The van der Waals surface area contributed by atoms with Crippen LogP contribution in [0.2, 0.25) is 5.02 Å². The summed E-state index contributed by atoms with van der Waals surface area (Å²) in [5, 5.41) is 2.40. The van der Waals surface area contributed by atoms with E-state index >= 15 is 0 Å². The minimum Gasteiger partial charge on any atom is -0.368 e. The molecule has 9 nitrogen and oxygen atoms in total. The summed E-state index contributed by atoms with van der Waals surface area (Å²) in [6.45, 7) is 2.03. The third-order valence-electron chi connectivity index (χ3n) is 7.66. The van der Waals surface area contributed by atoms with Crippen molar-refractivity contribution in [1.29, 1.82) is 0 Å². The highest BCUT2D eigenvalue weighted by Crippen LogP contribution is 2.33. The monoisotopic (exact) mass is 577 g/mol. The van der Waals surface area contributed by atoms with Gasteiger partial charge in [-0.2, -0.15) is 0 Å². The summed E-state index contributed by atoms with van der Waals surface area (Å²) in [5.41, 5.74) is 12.9. The van der Waals surface area contributed by atoms with Crippen molar-refractivity contribution < 1.29 is 19.2 Å². The van der Waals surface area contributed by atoms with Crippen LogP contribution in [0, 0.1) is 0 Å². The second kappa shape index (κ2) is 13.1. The number of hydrogen-bond donors (Lipinski definition) is 2. The summed E-state index contributed by atoms with van der Waals surface area (Å²) in [5.74, 6) is -1.71. The molecule has 1 aliphatic heterocycles. The Balaban J connectivity index is 1.73. The number of benzene rings is 3. The number of nitrogens with zero attached hydrogens (tertiary/aromatic N) is 3. The van der Waals surface area contributed by atoms with Crippen LogP contribution in [0.5, 0.6) is 0 Å². The van der Waals surface area contributed by atoms with Crippen LogP contribution >= 0.6 is 11.6 Å². The standard InChI is InChI=1S/C31H36ClN5O4/c1-20-14-16-36(26(30(34)40)18-22-9-5-8-21-7-3-4-12-25(21)22)31(41)29(23-10-6-11-24(32)17-23)37(20)28(39)19-35(2)27(38)13-15-33/h3-12,17,20,26,29H,13-16,18-19,33H2,1-2H3,(H2,34,40)/t20-,26-,29+/m1/s1. The van der Waals surface area contributed by atoms with Gasteiger partial charge in [-0.3, -0.25) is 19.2 Å². The van der Waals surface area contributed by atoms with E-state index in [1.54, 1.807) is 24.3 Å². The third-order valence-corrected chi connectivity index (χ3v) is 7.90. The SMILES string of the molecule is C[C@@H]1CCN([C@H](Cc2cccc3ccccc23)C(N)=O)C(=O)[C@H](c2cccc(Cl)c2)N1C(=O)CN(C)C(=O)CCN. The van der Waals surface area contributed by atoms with E-state index in [9.17, 15) is 19.2 Å². The molecule has 0 spiro atoms. The Morgan fingerprint density at radius 2 is 1.78 bits per heavy atom. The van der Waals surface area contributed by atoms with Crippen molar-refractivity contribution in [3.05, 3.63) is 82.9 Å². The van der Waals surface area contributed by atoms with Gasteiger partial charge in [0.1, 0.15) is 12.1 Å². The number of carbonyl (C=O) groups excluding carboxylic acids is 4. The minimum atomic E-state index is -1.06. The molecule has 4 amide bonds. The van der Waals surface area contributed by atoms with Gasteiger partial charge in [-0.05, 0) is 47.4 Å². The second-order valence-electron chi connectivity index (χ2n) is 10.5. The molecule has 0 aliphatic carbocycles. The highest BCUT2D eigenvalue weighted by atomic mass is 35.5. The summed E-state index contributed by atoms with van der Waals surface area (Å²) >= 11 is 6.32. The number of rotatable bonds is 9. The molecule has 10 heteroatoms. The maximum atomic E-state index is 14.4. The maximum Gasteiger partial charge on any atom is 0.250 e. The highest BCUT2D eigenvalue weighted by molar-refractivity contribution is 6.30. The molecule has 0 saturated carbocycles. The fraction of sp³-hybridized carbons (Fsp3) is 0.355. The molecule has 1 fully saturated rings. The summed E-state index contributed by atoms with van der Waals surface area (Å²) in [7, 11) is 1.54. The van der Waals surface area contributed by atoms with Crippen LogP contribution < -0.4 is 11.5 Å². The molecule has 4 N–H and O–H groups in total. The van der Waals surface area contributed by atoms with Gasteiger partial charge in [0.2, 0.25) is 17.7 Å². The zero-order valence-corrected chi connectivity index (χ0v) is 24.1. The Bertz CT molecular complexity index is 1440. The van der Waals surface area contributed by atoms with Crippen LogP contribution in [0.15, 0.2) is 66.7 Å². The van der Waals surface area contributed by atoms with E-state index in [0.29, 0.717) is 17.0 Å². The first-order valence-electron chi connectivity index (χ1n) is 13.7. The minimum absolute atomic E-state index is 0.109. The zero-order chi connectivity index (χ0) is 29.7. The third kappa shape index (κ3) is 6.69. The lowest BCUT2D eigenvalue weighted by Crippen LogP contribution is -2.53. The van der Waals surface area contributed by atoms with Gasteiger partial charge >= 0.3 is 0 Å². The number of primary amides is 1. The number of fused-ring (bicyclic) bond motifs is 1. The smallest absolute Gasteiger partial charge is 0.250 e. The van der Waals surface area contributed by atoms with Crippen LogP contribution in [-0.4, -0.2) is 77.1 Å². The van der Waals surface area contributed by atoms with Crippen molar-refractivity contribution in [2.75, 3.05) is 26.7 Å². The van der Waals surface area contributed by atoms with Crippen LogP contribution in [0.3, 0.4) is 0 Å². The van der Waals surface area contributed by atoms with Crippen LogP contribution in [-0.2, 0) is 25.6 Å². The molecule has 0 unspecified atom stereocenters. The molecule has 3 atom stereocenters. The molecule has 1 heterocycles. The maximum absolute atomic E-state index is 14.4. The topological polar surface area (TPSA) is 130 Å². The summed E-state index contributed by atoms with van der Waals surface area (Å²) < 4.78 is 0. The molecule has 216 valence electrons. The average molecular weight is 578 g/mol. The molecule has 3 aromatic carbocycles. The first kappa shape index (κ1) is 30.0. The van der Waals surface area contributed by atoms with Crippen molar-refractivity contribution >= 4 is 46.0 Å². The summed E-state index contributed by atoms with van der Waals surface area (Å²) in [6.07, 6.45) is 0.746. The predicted octanol–water partition coefficient (Wildman–Crippen LogP) is 2.89. The molecule has 0 bridgehead atoms. The number of carbonyl (C=O) groups is 4. The first-order chi connectivity index (χ1) is 19.6. The van der Waals surface area contributed by atoms with Gasteiger partial charge in [-0.15, -0.1) is 0 Å². The van der Waals surface area contributed by atoms with Gasteiger partial charge in [0, 0.05) is 44.0 Å². The Labute approximate surface area is 245 Å². The fourth-order valence-corrected chi connectivity index (χ4v) is 5.71. The van der Waals surface area contributed by atoms with E-state index in [4.69, 9.17) is 23.1 Å². The van der Waals surface area contributed by atoms with Crippen molar-refractivity contribution in [3.63, 3.8) is 0 Å². The molecule has 3 aromatic rings. The Morgan fingerprint density at radius 3 is 2.49 bits per heavy atom. The van der Waals surface area contributed by atoms with E-state index in [2.05, 4.69) is 0 Å². The van der Waals surface area contributed by atoms with Gasteiger partial charge in [-0.1, -0.05) is 66.2 Å². The molecular weight excluding hydrogens is 542 g/mol. The van der Waals surface area contributed by atoms with E-state index < -0.39 is 29.8 Å². The molecule has 0 aromatic heterocycles.